The molecule has 1 aliphatic carbocycles. The summed E-state index contributed by atoms with van der Waals surface area (Å²) in [5.41, 5.74) is 10.2. The molecule has 0 saturated heterocycles. The summed E-state index contributed by atoms with van der Waals surface area (Å²) in [6.45, 7) is 2.64. The number of aliphatic hydroxyl groups excluding tert-OH is 1. The average molecular weight is 299 g/mol. The Labute approximate surface area is 132 Å². The molecule has 4 nitrogen and oxygen atoms in total. The number of aliphatic hydroxyl groups is 1. The standard InChI is InChI=1S/C18H25N3O/c1-12-16-10-9-15(22)3-2-4-17(16)18(21-20-12)14-7-5-13(11-19)6-8-14/h5-8,15-17,22H,2-4,9-11,19H2,1H3/t15-,16-,17+/m0/s1. The number of hydrogen-bond acceptors (Lipinski definition) is 4. The molecule has 0 aromatic heterocycles. The molecule has 2 aliphatic rings. The van der Waals surface area contributed by atoms with Gasteiger partial charge in [0.1, 0.15) is 0 Å². The first-order valence-electron chi connectivity index (χ1n) is 8.28. The molecule has 3 atom stereocenters. The van der Waals surface area contributed by atoms with Gasteiger partial charge in [0.05, 0.1) is 11.8 Å². The summed E-state index contributed by atoms with van der Waals surface area (Å²) in [6, 6.07) is 8.37. The smallest absolute Gasteiger partial charge is 0.0740 e. The highest BCUT2D eigenvalue weighted by molar-refractivity contribution is 6.06. The van der Waals surface area contributed by atoms with E-state index in [1.165, 1.54) is 0 Å². The van der Waals surface area contributed by atoms with Gasteiger partial charge in [0.15, 0.2) is 0 Å². The zero-order valence-electron chi connectivity index (χ0n) is 13.2. The molecule has 3 N–H and O–H groups in total. The van der Waals surface area contributed by atoms with Crippen LogP contribution >= 0.6 is 0 Å². The van der Waals surface area contributed by atoms with Crippen LogP contribution in [0, 0.1) is 11.8 Å². The fourth-order valence-electron chi connectivity index (χ4n) is 3.68. The van der Waals surface area contributed by atoms with E-state index in [9.17, 15) is 5.11 Å². The second kappa shape index (κ2) is 6.71. The molecule has 1 aromatic carbocycles. The first-order chi connectivity index (χ1) is 10.7. The fraction of sp³-hybridized carbons (Fsp3) is 0.556. The van der Waals surface area contributed by atoms with Gasteiger partial charge < -0.3 is 10.8 Å². The lowest BCUT2D eigenvalue weighted by molar-refractivity contribution is 0.132. The van der Waals surface area contributed by atoms with Crippen LogP contribution in [-0.2, 0) is 6.54 Å². The Bertz CT molecular complexity index is 576. The summed E-state index contributed by atoms with van der Waals surface area (Å²) in [6.07, 6.45) is 4.74. The molecule has 0 spiro atoms. The summed E-state index contributed by atoms with van der Waals surface area (Å²) >= 11 is 0. The van der Waals surface area contributed by atoms with Gasteiger partial charge >= 0.3 is 0 Å². The van der Waals surface area contributed by atoms with Crippen molar-refractivity contribution in [3.05, 3.63) is 35.4 Å². The Morgan fingerprint density at radius 1 is 1.05 bits per heavy atom. The second-order valence-electron chi connectivity index (χ2n) is 6.50. The minimum atomic E-state index is -0.153. The lowest BCUT2D eigenvalue weighted by Crippen LogP contribution is -2.34. The Morgan fingerprint density at radius 3 is 2.55 bits per heavy atom. The van der Waals surface area contributed by atoms with Gasteiger partial charge in [0, 0.05) is 24.1 Å². The summed E-state index contributed by atoms with van der Waals surface area (Å²) in [7, 11) is 0. The predicted molar refractivity (Wildman–Crippen MR) is 90.1 cm³/mol. The zero-order chi connectivity index (χ0) is 15.5. The molecule has 1 saturated carbocycles. The minimum absolute atomic E-state index is 0.153. The van der Waals surface area contributed by atoms with Crippen LogP contribution in [-0.4, -0.2) is 22.6 Å². The third-order valence-electron chi connectivity index (χ3n) is 5.04. The van der Waals surface area contributed by atoms with Crippen molar-refractivity contribution in [3.8, 4) is 0 Å². The van der Waals surface area contributed by atoms with E-state index in [0.717, 1.165) is 54.7 Å². The Kier molecular flexibility index (Phi) is 4.69. The van der Waals surface area contributed by atoms with Crippen molar-refractivity contribution in [1.82, 2.24) is 0 Å². The molecule has 1 heterocycles. The first-order valence-corrected chi connectivity index (χ1v) is 8.28. The number of fused-ring (bicyclic) bond motifs is 1. The summed E-state index contributed by atoms with van der Waals surface area (Å²) in [5.74, 6) is 0.838. The minimum Gasteiger partial charge on any atom is -0.393 e. The van der Waals surface area contributed by atoms with Crippen molar-refractivity contribution in [2.75, 3.05) is 0 Å². The molecular weight excluding hydrogens is 274 g/mol. The maximum absolute atomic E-state index is 9.95. The van der Waals surface area contributed by atoms with E-state index in [0.29, 0.717) is 18.4 Å². The van der Waals surface area contributed by atoms with Crippen LogP contribution in [0.3, 0.4) is 0 Å². The Morgan fingerprint density at radius 2 is 1.82 bits per heavy atom. The van der Waals surface area contributed by atoms with Crippen molar-refractivity contribution in [2.24, 2.45) is 27.8 Å². The molecule has 118 valence electrons. The number of hydrogen-bond donors (Lipinski definition) is 2. The Balaban J connectivity index is 1.89. The van der Waals surface area contributed by atoms with E-state index in [2.05, 4.69) is 41.4 Å². The van der Waals surface area contributed by atoms with Crippen molar-refractivity contribution in [3.63, 3.8) is 0 Å². The normalized spacial score (nSPS) is 29.0. The number of benzene rings is 1. The van der Waals surface area contributed by atoms with Crippen molar-refractivity contribution in [2.45, 2.75) is 51.7 Å². The second-order valence-corrected chi connectivity index (χ2v) is 6.50. The summed E-state index contributed by atoms with van der Waals surface area (Å²) in [4.78, 5) is 0. The van der Waals surface area contributed by atoms with E-state index in [1.54, 1.807) is 0 Å². The molecule has 0 unspecified atom stereocenters. The van der Waals surface area contributed by atoms with Gasteiger partial charge in [-0.15, -0.1) is 0 Å². The van der Waals surface area contributed by atoms with Gasteiger partial charge in [-0.25, -0.2) is 0 Å². The molecule has 3 rings (SSSR count). The van der Waals surface area contributed by atoms with E-state index in [1.807, 2.05) is 0 Å². The molecule has 1 fully saturated rings. The van der Waals surface area contributed by atoms with Gasteiger partial charge in [0.25, 0.3) is 0 Å². The first kappa shape index (κ1) is 15.4. The van der Waals surface area contributed by atoms with Gasteiger partial charge in [0.2, 0.25) is 0 Å². The molecule has 0 bridgehead atoms. The SMILES string of the molecule is CC1=NN=C(c2ccc(CN)cc2)[C@@H]2CCC[C@H](O)CC[C@@H]12. The van der Waals surface area contributed by atoms with Crippen LogP contribution in [0.2, 0.25) is 0 Å². The van der Waals surface area contributed by atoms with Crippen LogP contribution in [0.15, 0.2) is 34.5 Å². The van der Waals surface area contributed by atoms with Crippen LogP contribution in [0.5, 0.6) is 0 Å². The average Bonchev–Trinajstić information content (AvgIpc) is 2.52. The highest BCUT2D eigenvalue weighted by Gasteiger charge is 2.33. The van der Waals surface area contributed by atoms with E-state index in [-0.39, 0.29) is 6.10 Å². The lowest BCUT2D eigenvalue weighted by Gasteiger charge is -2.33. The van der Waals surface area contributed by atoms with Crippen LogP contribution in [0.1, 0.15) is 50.2 Å². The van der Waals surface area contributed by atoms with Crippen LogP contribution in [0.25, 0.3) is 0 Å². The van der Waals surface area contributed by atoms with Gasteiger partial charge in [-0.3, -0.25) is 0 Å². The van der Waals surface area contributed by atoms with Crippen molar-refractivity contribution < 1.29 is 5.11 Å². The van der Waals surface area contributed by atoms with Crippen molar-refractivity contribution >= 4 is 11.4 Å². The van der Waals surface area contributed by atoms with E-state index in [4.69, 9.17) is 5.73 Å². The van der Waals surface area contributed by atoms with Gasteiger partial charge in [-0.1, -0.05) is 30.7 Å². The van der Waals surface area contributed by atoms with Gasteiger partial charge in [-0.2, -0.15) is 10.2 Å². The number of rotatable bonds is 2. The highest BCUT2D eigenvalue weighted by Crippen LogP contribution is 2.34. The summed E-state index contributed by atoms with van der Waals surface area (Å²) in [5, 5.41) is 18.9. The maximum atomic E-state index is 9.95. The highest BCUT2D eigenvalue weighted by atomic mass is 16.3. The van der Waals surface area contributed by atoms with E-state index >= 15 is 0 Å². The molecule has 1 aromatic rings. The quantitative estimate of drug-likeness (QED) is 0.881. The van der Waals surface area contributed by atoms with E-state index < -0.39 is 0 Å². The zero-order valence-corrected chi connectivity index (χ0v) is 13.2. The molecule has 0 amide bonds. The Hall–Kier alpha value is -1.52. The molecule has 22 heavy (non-hydrogen) atoms. The molecular formula is C18H25N3O. The van der Waals surface area contributed by atoms with Crippen LogP contribution in [0.4, 0.5) is 0 Å². The van der Waals surface area contributed by atoms with Crippen molar-refractivity contribution in [1.29, 1.82) is 0 Å². The number of nitrogens with two attached hydrogens (primary N) is 1. The molecule has 4 heteroatoms. The lowest BCUT2D eigenvalue weighted by atomic mass is 9.74. The fourth-order valence-corrected chi connectivity index (χ4v) is 3.68. The third-order valence-corrected chi connectivity index (χ3v) is 5.04. The topological polar surface area (TPSA) is 71.0 Å². The van der Waals surface area contributed by atoms with Crippen LogP contribution < -0.4 is 5.73 Å². The maximum Gasteiger partial charge on any atom is 0.0740 e. The monoisotopic (exact) mass is 299 g/mol. The largest absolute Gasteiger partial charge is 0.393 e. The predicted octanol–water partition coefficient (Wildman–Crippen LogP) is 2.88. The number of nitrogens with zero attached hydrogens (tertiary/aromatic N) is 2. The molecule has 0 radical (unpaired) electrons. The third kappa shape index (κ3) is 3.13. The molecule has 1 aliphatic heterocycles. The summed E-state index contributed by atoms with van der Waals surface area (Å²) < 4.78 is 0. The van der Waals surface area contributed by atoms with Gasteiger partial charge in [-0.05, 0) is 43.7 Å².